The van der Waals surface area contributed by atoms with Gasteiger partial charge in [0.2, 0.25) is 0 Å². The number of allylic oxidation sites excluding steroid dienone is 5. The molecule has 130 valence electrons. The van der Waals surface area contributed by atoms with Gasteiger partial charge >= 0.3 is 5.97 Å². The number of hydrogen-bond donors (Lipinski definition) is 1. The number of carbonyl (C=O) groups is 1. The molecule has 0 aromatic heterocycles. The molecular formula is C20H32O3. The lowest BCUT2D eigenvalue weighted by atomic mass is 10.1. The molecule has 0 amide bonds. The topological polar surface area (TPSA) is 49.8 Å². The summed E-state index contributed by atoms with van der Waals surface area (Å²) in [6.45, 7) is 2.23. The second-order valence-electron chi connectivity index (χ2n) is 6.14. The number of ether oxygens (including phenoxy) is 1. The largest absolute Gasteiger partial charge is 0.481 e. The number of unbranched alkanes of at least 4 members (excludes halogenated alkanes) is 4. The van der Waals surface area contributed by atoms with Gasteiger partial charge in [0, 0.05) is 6.42 Å². The molecule has 1 aliphatic heterocycles. The van der Waals surface area contributed by atoms with Crippen molar-refractivity contribution in [3.05, 3.63) is 36.5 Å². The second kappa shape index (κ2) is 13.1. The Morgan fingerprint density at radius 1 is 0.957 bits per heavy atom. The van der Waals surface area contributed by atoms with Crippen molar-refractivity contribution in [1.29, 1.82) is 0 Å². The van der Waals surface area contributed by atoms with Crippen LogP contribution >= 0.6 is 0 Å². The zero-order valence-electron chi connectivity index (χ0n) is 14.5. The molecule has 3 nitrogen and oxygen atoms in total. The summed E-state index contributed by atoms with van der Waals surface area (Å²) in [4.78, 5) is 10.3. The Morgan fingerprint density at radius 3 is 2.48 bits per heavy atom. The minimum Gasteiger partial charge on any atom is -0.481 e. The van der Waals surface area contributed by atoms with Crippen LogP contribution in [-0.4, -0.2) is 23.3 Å². The van der Waals surface area contributed by atoms with Gasteiger partial charge in [0.1, 0.15) is 0 Å². The molecule has 1 heterocycles. The van der Waals surface area contributed by atoms with Crippen LogP contribution in [0.5, 0.6) is 0 Å². The number of rotatable bonds is 14. The molecule has 2 atom stereocenters. The molecule has 1 saturated heterocycles. The first-order valence-corrected chi connectivity index (χ1v) is 9.08. The zero-order valence-corrected chi connectivity index (χ0v) is 14.5. The van der Waals surface area contributed by atoms with Gasteiger partial charge in [-0.25, -0.2) is 0 Å². The first kappa shape index (κ1) is 19.7. The van der Waals surface area contributed by atoms with Gasteiger partial charge in [0.05, 0.1) is 12.2 Å². The quantitative estimate of drug-likeness (QED) is 0.201. The van der Waals surface area contributed by atoms with E-state index in [-0.39, 0.29) is 6.42 Å². The van der Waals surface area contributed by atoms with Crippen molar-refractivity contribution >= 4 is 5.97 Å². The molecule has 1 aliphatic rings. The maximum Gasteiger partial charge on any atom is 0.303 e. The van der Waals surface area contributed by atoms with E-state index in [4.69, 9.17) is 9.84 Å². The van der Waals surface area contributed by atoms with E-state index in [1.807, 2.05) is 0 Å². The number of hydrogen-bond acceptors (Lipinski definition) is 2. The van der Waals surface area contributed by atoms with Crippen molar-refractivity contribution in [2.75, 3.05) is 0 Å². The molecule has 0 spiro atoms. The fourth-order valence-electron chi connectivity index (χ4n) is 2.50. The van der Waals surface area contributed by atoms with Crippen molar-refractivity contribution in [3.63, 3.8) is 0 Å². The van der Waals surface area contributed by atoms with Gasteiger partial charge in [0.25, 0.3) is 0 Å². The van der Waals surface area contributed by atoms with Crippen LogP contribution in [0.3, 0.4) is 0 Å². The Hall–Kier alpha value is -1.35. The highest BCUT2D eigenvalue weighted by Gasteiger charge is 2.36. The zero-order chi connectivity index (χ0) is 16.8. The van der Waals surface area contributed by atoms with Crippen molar-refractivity contribution in [3.8, 4) is 0 Å². The molecule has 2 unspecified atom stereocenters. The van der Waals surface area contributed by atoms with Gasteiger partial charge in [-0.05, 0) is 38.5 Å². The van der Waals surface area contributed by atoms with E-state index in [0.717, 1.165) is 32.1 Å². The van der Waals surface area contributed by atoms with Gasteiger partial charge in [-0.1, -0.05) is 62.6 Å². The summed E-state index contributed by atoms with van der Waals surface area (Å²) in [7, 11) is 0. The first-order valence-electron chi connectivity index (χ1n) is 9.08. The summed E-state index contributed by atoms with van der Waals surface area (Å²) in [5.41, 5.74) is 0. The third-order valence-electron chi connectivity index (χ3n) is 3.96. The minimum atomic E-state index is -0.711. The molecule has 1 rings (SSSR count). The highest BCUT2D eigenvalue weighted by molar-refractivity contribution is 5.66. The summed E-state index contributed by atoms with van der Waals surface area (Å²) < 4.78 is 5.65. The molecule has 1 N–H and O–H groups in total. The van der Waals surface area contributed by atoms with Gasteiger partial charge in [-0.15, -0.1) is 0 Å². The molecular weight excluding hydrogens is 288 g/mol. The van der Waals surface area contributed by atoms with Crippen LogP contribution in [0.4, 0.5) is 0 Å². The van der Waals surface area contributed by atoms with Crippen molar-refractivity contribution < 1.29 is 14.6 Å². The lowest BCUT2D eigenvalue weighted by molar-refractivity contribution is -0.137. The van der Waals surface area contributed by atoms with E-state index in [0.29, 0.717) is 12.2 Å². The average molecular weight is 320 g/mol. The lowest BCUT2D eigenvalue weighted by Gasteiger charge is -1.93. The summed E-state index contributed by atoms with van der Waals surface area (Å²) in [5, 5.41) is 8.51. The van der Waals surface area contributed by atoms with Crippen LogP contribution in [0, 0.1) is 0 Å². The van der Waals surface area contributed by atoms with Crippen LogP contribution in [0.1, 0.15) is 71.1 Å². The third kappa shape index (κ3) is 11.8. The van der Waals surface area contributed by atoms with Gasteiger partial charge in [-0.2, -0.15) is 0 Å². The predicted octanol–water partition coefficient (Wildman–Crippen LogP) is 5.43. The molecule has 0 aliphatic carbocycles. The first-order chi connectivity index (χ1) is 11.2. The highest BCUT2D eigenvalue weighted by Crippen LogP contribution is 2.30. The van der Waals surface area contributed by atoms with Crippen LogP contribution in [0.25, 0.3) is 0 Å². The smallest absolute Gasteiger partial charge is 0.303 e. The standard InChI is InChI=1S/C20H32O3/c1-2-3-12-15-18-19(23-18)16-13-10-8-6-4-5-7-9-11-14-17-20(21)22/h6-10,13,18-19H,2-5,11-12,14-17H2,1H3,(H,21,22)/b8-6+,9-7+,13-10+. The Morgan fingerprint density at radius 2 is 1.70 bits per heavy atom. The number of carboxylic acids is 1. The summed E-state index contributed by atoms with van der Waals surface area (Å²) >= 11 is 0. The van der Waals surface area contributed by atoms with E-state index in [1.54, 1.807) is 0 Å². The normalized spacial score (nSPS) is 20.9. The van der Waals surface area contributed by atoms with Crippen LogP contribution in [-0.2, 0) is 9.53 Å². The maximum atomic E-state index is 10.3. The molecule has 0 saturated carbocycles. The van der Waals surface area contributed by atoms with E-state index in [2.05, 4.69) is 43.4 Å². The lowest BCUT2D eigenvalue weighted by Crippen LogP contribution is -1.92. The fraction of sp³-hybridized carbons (Fsp3) is 0.650. The molecule has 1 fully saturated rings. The third-order valence-corrected chi connectivity index (χ3v) is 3.96. The predicted molar refractivity (Wildman–Crippen MR) is 95.6 cm³/mol. The molecule has 0 aromatic carbocycles. The van der Waals surface area contributed by atoms with Crippen LogP contribution in [0.15, 0.2) is 36.5 Å². The van der Waals surface area contributed by atoms with Gasteiger partial charge < -0.3 is 9.84 Å². The second-order valence-corrected chi connectivity index (χ2v) is 6.14. The van der Waals surface area contributed by atoms with Gasteiger partial charge in [0.15, 0.2) is 0 Å². The van der Waals surface area contributed by atoms with Crippen molar-refractivity contribution in [1.82, 2.24) is 0 Å². The number of epoxide rings is 1. The van der Waals surface area contributed by atoms with E-state index < -0.39 is 5.97 Å². The molecule has 3 heteroatoms. The Kier molecular flexibility index (Phi) is 11.2. The van der Waals surface area contributed by atoms with E-state index >= 15 is 0 Å². The van der Waals surface area contributed by atoms with E-state index in [1.165, 1.54) is 25.7 Å². The minimum absolute atomic E-state index is 0.263. The maximum absolute atomic E-state index is 10.3. The molecule has 0 bridgehead atoms. The highest BCUT2D eigenvalue weighted by atomic mass is 16.6. The Labute approximate surface area is 141 Å². The summed E-state index contributed by atoms with van der Waals surface area (Å²) in [5.74, 6) is -0.711. The number of aliphatic carboxylic acids is 1. The summed E-state index contributed by atoms with van der Waals surface area (Å²) in [6, 6.07) is 0. The van der Waals surface area contributed by atoms with Crippen molar-refractivity contribution in [2.45, 2.75) is 83.3 Å². The molecule has 23 heavy (non-hydrogen) atoms. The monoisotopic (exact) mass is 320 g/mol. The van der Waals surface area contributed by atoms with Crippen molar-refractivity contribution in [2.24, 2.45) is 0 Å². The van der Waals surface area contributed by atoms with Gasteiger partial charge in [-0.3, -0.25) is 4.79 Å². The van der Waals surface area contributed by atoms with Crippen LogP contribution < -0.4 is 0 Å². The number of carboxylic acid groups (broad SMARTS) is 1. The Balaban J connectivity index is 1.90. The van der Waals surface area contributed by atoms with E-state index in [9.17, 15) is 4.79 Å². The molecule has 0 aromatic rings. The average Bonchev–Trinajstić information content (AvgIpc) is 3.27. The Bertz CT molecular complexity index is 396. The summed E-state index contributed by atoms with van der Waals surface area (Å²) in [6.07, 6.45) is 23.8. The fourth-order valence-corrected chi connectivity index (χ4v) is 2.50. The SMILES string of the molecule is CCCCCC1OC1C/C=C/C=C/CC/C=C/CCCC(=O)O. The van der Waals surface area contributed by atoms with Crippen LogP contribution in [0.2, 0.25) is 0 Å². The molecule has 0 radical (unpaired) electrons.